The van der Waals surface area contributed by atoms with Crippen molar-refractivity contribution in [1.82, 2.24) is 9.55 Å². The highest BCUT2D eigenvalue weighted by atomic mass is 16.5. The van der Waals surface area contributed by atoms with Gasteiger partial charge in [-0.05, 0) is 45.4 Å². The molecule has 2 aromatic heterocycles. The predicted octanol–water partition coefficient (Wildman–Crippen LogP) is 6.01. The van der Waals surface area contributed by atoms with E-state index in [1.165, 1.54) is 0 Å². The Hall–Kier alpha value is -4.20. The average molecular weight is 459 g/mol. The lowest BCUT2D eigenvalue weighted by molar-refractivity contribution is -0.121. The topological polar surface area (TPSA) is 109 Å². The lowest BCUT2D eigenvalue weighted by Gasteiger charge is -2.17. The molecule has 8 heteroatoms. The molecule has 0 spiro atoms. The summed E-state index contributed by atoms with van der Waals surface area (Å²) in [5, 5.41) is 18.8. The van der Waals surface area contributed by atoms with Crippen LogP contribution in [0.15, 0.2) is 64.8 Å². The van der Waals surface area contributed by atoms with Crippen LogP contribution in [0.1, 0.15) is 41.5 Å². The standard InChI is InChI=1S/C26H26N4O4/c1-5-34-26(33)20-14-22(18-12-10-15(2)11-13-18)30(16(20)3)17(4)24(31)29-28-23-19-8-6-7-9-21(19)27-25(23)32/h6-14,17,27,32H,5H2,1-4H3. The number of aromatic amines is 1. The van der Waals surface area contributed by atoms with Gasteiger partial charge in [0.2, 0.25) is 5.88 Å². The molecule has 0 aliphatic carbocycles. The Balaban J connectivity index is 1.73. The fourth-order valence-corrected chi connectivity index (χ4v) is 3.99. The first-order valence-electron chi connectivity index (χ1n) is 11.0. The quantitative estimate of drug-likeness (QED) is 0.272. The molecule has 174 valence electrons. The van der Waals surface area contributed by atoms with Gasteiger partial charge in [0.25, 0.3) is 5.91 Å². The molecule has 0 radical (unpaired) electrons. The Labute approximate surface area is 196 Å². The summed E-state index contributed by atoms with van der Waals surface area (Å²) in [7, 11) is 0. The van der Waals surface area contributed by atoms with Gasteiger partial charge in [-0.1, -0.05) is 48.0 Å². The van der Waals surface area contributed by atoms with Gasteiger partial charge in [-0.2, -0.15) is 0 Å². The molecule has 0 saturated carbocycles. The molecule has 4 rings (SSSR count). The minimum atomic E-state index is -0.754. The summed E-state index contributed by atoms with van der Waals surface area (Å²) in [5.41, 5.74) is 4.54. The second kappa shape index (κ2) is 9.35. The largest absolute Gasteiger partial charge is 0.493 e. The third-order valence-corrected chi connectivity index (χ3v) is 5.79. The second-order valence-corrected chi connectivity index (χ2v) is 8.07. The van der Waals surface area contributed by atoms with Gasteiger partial charge in [-0.15, -0.1) is 10.2 Å². The number of hydrogen-bond acceptors (Lipinski definition) is 5. The van der Waals surface area contributed by atoms with Crippen LogP contribution in [-0.2, 0) is 9.53 Å². The van der Waals surface area contributed by atoms with E-state index < -0.39 is 17.9 Å². The summed E-state index contributed by atoms with van der Waals surface area (Å²) in [6.07, 6.45) is 0. The molecule has 0 saturated heterocycles. The number of amides is 1. The number of H-pyrrole nitrogens is 1. The van der Waals surface area contributed by atoms with Crippen molar-refractivity contribution in [3.05, 3.63) is 71.4 Å². The molecule has 8 nitrogen and oxygen atoms in total. The number of rotatable bonds is 6. The number of nitrogens with zero attached hydrogens (tertiary/aromatic N) is 3. The summed E-state index contributed by atoms with van der Waals surface area (Å²) in [6, 6.07) is 16.0. The Morgan fingerprint density at radius 3 is 2.53 bits per heavy atom. The van der Waals surface area contributed by atoms with Gasteiger partial charge in [0.1, 0.15) is 6.04 Å². The maximum absolute atomic E-state index is 13.1. The van der Waals surface area contributed by atoms with Crippen LogP contribution in [0.25, 0.3) is 22.2 Å². The highest BCUT2D eigenvalue weighted by Gasteiger charge is 2.26. The number of carbonyl (C=O) groups is 2. The number of nitrogens with one attached hydrogen (secondary N) is 1. The maximum atomic E-state index is 13.1. The summed E-state index contributed by atoms with van der Waals surface area (Å²) in [5.74, 6) is -1.13. The molecule has 1 amide bonds. The lowest BCUT2D eigenvalue weighted by Crippen LogP contribution is -2.17. The van der Waals surface area contributed by atoms with Crippen LogP contribution in [0.5, 0.6) is 5.88 Å². The number of hydrogen-bond donors (Lipinski definition) is 2. The van der Waals surface area contributed by atoms with Crippen LogP contribution < -0.4 is 0 Å². The number of esters is 1. The van der Waals surface area contributed by atoms with E-state index in [0.717, 1.165) is 11.1 Å². The SMILES string of the molecule is CCOC(=O)c1cc(-c2ccc(C)cc2)n(C(C)C(=O)N=Nc2c(O)[nH]c3ccccc23)c1C. The first kappa shape index (κ1) is 23.0. The van der Waals surface area contributed by atoms with E-state index in [1.54, 1.807) is 43.5 Å². The number of para-hydroxylation sites is 1. The second-order valence-electron chi connectivity index (χ2n) is 8.07. The molecule has 0 aliphatic heterocycles. The number of carbonyl (C=O) groups excluding carboxylic acids is 2. The minimum absolute atomic E-state index is 0.160. The average Bonchev–Trinajstić information content (AvgIpc) is 3.33. The molecule has 0 bridgehead atoms. The van der Waals surface area contributed by atoms with E-state index in [0.29, 0.717) is 27.9 Å². The zero-order valence-corrected chi connectivity index (χ0v) is 19.5. The molecule has 1 atom stereocenters. The van der Waals surface area contributed by atoms with Crippen molar-refractivity contribution in [3.63, 3.8) is 0 Å². The van der Waals surface area contributed by atoms with Crippen molar-refractivity contribution >= 4 is 28.5 Å². The molecular formula is C26H26N4O4. The van der Waals surface area contributed by atoms with Gasteiger partial charge in [0.05, 0.1) is 17.7 Å². The van der Waals surface area contributed by atoms with Gasteiger partial charge < -0.3 is 19.4 Å². The van der Waals surface area contributed by atoms with E-state index in [4.69, 9.17) is 4.74 Å². The smallest absolute Gasteiger partial charge is 0.339 e. The normalized spacial score (nSPS) is 12.4. The van der Waals surface area contributed by atoms with Crippen LogP contribution in [0.4, 0.5) is 5.69 Å². The highest BCUT2D eigenvalue weighted by Crippen LogP contribution is 2.36. The molecule has 1 unspecified atom stereocenters. The predicted molar refractivity (Wildman–Crippen MR) is 129 cm³/mol. The van der Waals surface area contributed by atoms with Crippen LogP contribution in [-0.4, -0.2) is 33.1 Å². The molecule has 4 aromatic rings. The van der Waals surface area contributed by atoms with E-state index in [-0.39, 0.29) is 18.2 Å². The van der Waals surface area contributed by atoms with Gasteiger partial charge in [0.15, 0.2) is 5.69 Å². The van der Waals surface area contributed by atoms with Crippen molar-refractivity contribution in [2.45, 2.75) is 33.7 Å². The zero-order valence-electron chi connectivity index (χ0n) is 19.5. The third-order valence-electron chi connectivity index (χ3n) is 5.79. The number of aromatic nitrogens is 2. The van der Waals surface area contributed by atoms with E-state index in [9.17, 15) is 14.7 Å². The molecule has 2 heterocycles. The van der Waals surface area contributed by atoms with Crippen molar-refractivity contribution in [2.75, 3.05) is 6.61 Å². The van der Waals surface area contributed by atoms with Crippen LogP contribution in [0, 0.1) is 13.8 Å². The Morgan fingerprint density at radius 2 is 1.82 bits per heavy atom. The number of benzene rings is 2. The number of fused-ring (bicyclic) bond motifs is 1. The zero-order chi connectivity index (χ0) is 24.4. The molecule has 0 aliphatic rings. The summed E-state index contributed by atoms with van der Waals surface area (Å²) < 4.78 is 6.98. The number of azo groups is 1. The molecule has 0 fully saturated rings. The van der Waals surface area contributed by atoms with Crippen molar-refractivity contribution in [2.24, 2.45) is 10.2 Å². The first-order chi connectivity index (χ1) is 16.3. The fraction of sp³-hybridized carbons (Fsp3) is 0.231. The van der Waals surface area contributed by atoms with E-state index in [1.807, 2.05) is 43.3 Å². The minimum Gasteiger partial charge on any atom is -0.493 e. The van der Waals surface area contributed by atoms with Crippen LogP contribution in [0.2, 0.25) is 0 Å². The fourth-order valence-electron chi connectivity index (χ4n) is 3.99. The lowest BCUT2D eigenvalue weighted by atomic mass is 10.1. The molecular weight excluding hydrogens is 432 g/mol. The molecule has 2 N–H and O–H groups in total. The van der Waals surface area contributed by atoms with Crippen LogP contribution in [0.3, 0.4) is 0 Å². The molecule has 2 aromatic carbocycles. The van der Waals surface area contributed by atoms with E-state index in [2.05, 4.69) is 15.2 Å². The Kier molecular flexibility index (Phi) is 6.32. The van der Waals surface area contributed by atoms with Crippen LogP contribution >= 0.6 is 0 Å². The Bertz CT molecular complexity index is 1400. The molecule has 34 heavy (non-hydrogen) atoms. The number of aromatic hydroxyl groups is 1. The Morgan fingerprint density at radius 1 is 1.12 bits per heavy atom. The van der Waals surface area contributed by atoms with Crippen molar-refractivity contribution in [3.8, 4) is 17.1 Å². The van der Waals surface area contributed by atoms with Gasteiger partial charge in [-0.3, -0.25) is 4.79 Å². The summed E-state index contributed by atoms with van der Waals surface area (Å²) in [6.45, 7) is 7.47. The summed E-state index contributed by atoms with van der Waals surface area (Å²) >= 11 is 0. The van der Waals surface area contributed by atoms with Crippen molar-refractivity contribution in [1.29, 1.82) is 0 Å². The third kappa shape index (κ3) is 4.22. The highest BCUT2D eigenvalue weighted by molar-refractivity contribution is 5.95. The number of ether oxygens (including phenoxy) is 1. The number of aryl methyl sites for hydroxylation is 1. The monoisotopic (exact) mass is 458 g/mol. The maximum Gasteiger partial charge on any atom is 0.339 e. The van der Waals surface area contributed by atoms with Gasteiger partial charge in [-0.25, -0.2) is 4.79 Å². The summed E-state index contributed by atoms with van der Waals surface area (Å²) in [4.78, 5) is 28.5. The van der Waals surface area contributed by atoms with Crippen molar-refractivity contribution < 1.29 is 19.4 Å². The first-order valence-corrected chi connectivity index (χ1v) is 11.0. The van der Waals surface area contributed by atoms with Gasteiger partial charge in [0, 0.05) is 16.8 Å². The van der Waals surface area contributed by atoms with Gasteiger partial charge >= 0.3 is 5.97 Å². The van der Waals surface area contributed by atoms with E-state index >= 15 is 0 Å².